The van der Waals surface area contributed by atoms with Gasteiger partial charge in [-0.3, -0.25) is 4.79 Å². The normalized spacial score (nSPS) is 16.9. The predicted octanol–water partition coefficient (Wildman–Crippen LogP) is 3.84. The lowest BCUT2D eigenvalue weighted by atomic mass is 10.0. The highest BCUT2D eigenvalue weighted by molar-refractivity contribution is 5.76. The molecule has 1 aromatic rings. The second-order valence-electron chi connectivity index (χ2n) is 5.75. The number of carbonyl (C=O) groups is 1. The molecule has 110 valence electrons. The van der Waals surface area contributed by atoms with Crippen molar-refractivity contribution in [2.45, 2.75) is 51.5 Å². The zero-order valence-corrected chi connectivity index (χ0v) is 12.5. The van der Waals surface area contributed by atoms with E-state index in [0.29, 0.717) is 6.42 Å². The van der Waals surface area contributed by atoms with Gasteiger partial charge < -0.3 is 10.1 Å². The van der Waals surface area contributed by atoms with Gasteiger partial charge in [-0.25, -0.2) is 0 Å². The summed E-state index contributed by atoms with van der Waals surface area (Å²) in [6.45, 7) is 2.02. The fourth-order valence-electron chi connectivity index (χ4n) is 2.94. The summed E-state index contributed by atoms with van der Waals surface area (Å²) in [4.78, 5) is 12.0. The molecule has 1 fully saturated rings. The van der Waals surface area contributed by atoms with Crippen LogP contribution in [0.25, 0.3) is 0 Å². The van der Waals surface area contributed by atoms with E-state index in [1.54, 1.807) is 7.11 Å². The maximum absolute atomic E-state index is 12.0. The first-order valence-corrected chi connectivity index (χ1v) is 7.62. The van der Waals surface area contributed by atoms with Gasteiger partial charge in [-0.05, 0) is 37.0 Å². The molecule has 0 aliphatic heterocycles. The van der Waals surface area contributed by atoms with Crippen LogP contribution in [0.1, 0.15) is 57.1 Å². The van der Waals surface area contributed by atoms with Crippen molar-refractivity contribution in [2.24, 2.45) is 5.92 Å². The fraction of sp³-hybridized carbons (Fsp3) is 0.588. The van der Waals surface area contributed by atoms with Crippen LogP contribution in [0.5, 0.6) is 5.75 Å². The van der Waals surface area contributed by atoms with Gasteiger partial charge in [-0.2, -0.15) is 0 Å². The first-order valence-electron chi connectivity index (χ1n) is 7.62. The monoisotopic (exact) mass is 275 g/mol. The number of ether oxygens (including phenoxy) is 1. The average molecular weight is 275 g/mol. The van der Waals surface area contributed by atoms with Gasteiger partial charge in [-0.1, -0.05) is 37.8 Å². The summed E-state index contributed by atoms with van der Waals surface area (Å²) in [5.74, 6) is 1.76. The third-order valence-corrected chi connectivity index (χ3v) is 4.23. The Hall–Kier alpha value is -1.51. The van der Waals surface area contributed by atoms with E-state index in [-0.39, 0.29) is 11.9 Å². The molecule has 0 aromatic heterocycles. The van der Waals surface area contributed by atoms with Gasteiger partial charge in [0, 0.05) is 6.42 Å². The summed E-state index contributed by atoms with van der Waals surface area (Å²) in [6, 6.07) is 7.89. The Labute approximate surface area is 121 Å². The van der Waals surface area contributed by atoms with Crippen LogP contribution in [-0.4, -0.2) is 13.0 Å². The Bertz CT molecular complexity index is 438. The third-order valence-electron chi connectivity index (χ3n) is 4.23. The molecule has 1 aromatic carbocycles. The minimum atomic E-state index is 0.0289. The van der Waals surface area contributed by atoms with Gasteiger partial charge >= 0.3 is 0 Å². The topological polar surface area (TPSA) is 38.3 Å². The van der Waals surface area contributed by atoms with Gasteiger partial charge in [0.2, 0.25) is 5.91 Å². The number of carbonyl (C=O) groups excluding carboxylic acids is 1. The molecule has 0 heterocycles. The van der Waals surface area contributed by atoms with E-state index in [1.165, 1.54) is 25.7 Å². The molecule has 3 nitrogen and oxygen atoms in total. The number of rotatable bonds is 6. The molecule has 1 atom stereocenters. The Kier molecular flexibility index (Phi) is 5.45. The second-order valence-corrected chi connectivity index (χ2v) is 5.75. The van der Waals surface area contributed by atoms with Crippen LogP contribution in [0, 0.1) is 5.92 Å². The predicted molar refractivity (Wildman–Crippen MR) is 80.7 cm³/mol. The van der Waals surface area contributed by atoms with Crippen molar-refractivity contribution < 1.29 is 9.53 Å². The number of amides is 1. The number of methoxy groups -OCH3 is 1. The molecule has 1 N–H and O–H groups in total. The van der Waals surface area contributed by atoms with Crippen molar-refractivity contribution in [3.8, 4) is 5.75 Å². The van der Waals surface area contributed by atoms with Crippen molar-refractivity contribution >= 4 is 5.91 Å². The van der Waals surface area contributed by atoms with E-state index < -0.39 is 0 Å². The van der Waals surface area contributed by atoms with Crippen LogP contribution >= 0.6 is 0 Å². The Balaban J connectivity index is 1.80. The molecular weight excluding hydrogens is 250 g/mol. The van der Waals surface area contributed by atoms with Crippen LogP contribution in [0.3, 0.4) is 0 Å². The minimum absolute atomic E-state index is 0.0289. The summed E-state index contributed by atoms with van der Waals surface area (Å²) in [5.41, 5.74) is 1.08. The van der Waals surface area contributed by atoms with E-state index in [2.05, 4.69) is 5.32 Å². The number of hydrogen-bond donors (Lipinski definition) is 1. The van der Waals surface area contributed by atoms with E-state index in [1.807, 2.05) is 31.2 Å². The Morgan fingerprint density at radius 2 is 2.15 bits per heavy atom. The molecule has 0 bridgehead atoms. The van der Waals surface area contributed by atoms with Gasteiger partial charge in [0.15, 0.2) is 0 Å². The van der Waals surface area contributed by atoms with Crippen LogP contribution < -0.4 is 10.1 Å². The molecular formula is C17H25NO2. The summed E-state index contributed by atoms with van der Waals surface area (Å²) < 4.78 is 5.21. The fourth-order valence-corrected chi connectivity index (χ4v) is 2.94. The maximum atomic E-state index is 12.0. The van der Waals surface area contributed by atoms with E-state index >= 15 is 0 Å². The highest BCUT2D eigenvalue weighted by Gasteiger charge is 2.17. The SMILES string of the molecule is COc1cccc(C(C)NC(=O)CCC2CCCC2)c1. The van der Waals surface area contributed by atoms with Gasteiger partial charge in [0.1, 0.15) is 5.75 Å². The van der Waals surface area contributed by atoms with Gasteiger partial charge in [0.05, 0.1) is 13.2 Å². The minimum Gasteiger partial charge on any atom is -0.497 e. The lowest BCUT2D eigenvalue weighted by Gasteiger charge is -2.16. The lowest BCUT2D eigenvalue weighted by Crippen LogP contribution is -2.26. The molecule has 2 rings (SSSR count). The smallest absolute Gasteiger partial charge is 0.220 e. The maximum Gasteiger partial charge on any atom is 0.220 e. The van der Waals surface area contributed by atoms with Gasteiger partial charge in [-0.15, -0.1) is 0 Å². The standard InChI is InChI=1S/C17H25NO2/c1-13(15-8-5-9-16(12-15)20-2)18-17(19)11-10-14-6-3-4-7-14/h5,8-9,12-14H,3-4,6-7,10-11H2,1-2H3,(H,18,19). The summed E-state index contributed by atoms with van der Waals surface area (Å²) in [5, 5.41) is 3.08. The molecule has 3 heteroatoms. The van der Waals surface area contributed by atoms with Crippen molar-refractivity contribution in [1.29, 1.82) is 0 Å². The average Bonchev–Trinajstić information content (AvgIpc) is 2.98. The Morgan fingerprint density at radius 1 is 1.40 bits per heavy atom. The molecule has 1 unspecified atom stereocenters. The van der Waals surface area contributed by atoms with Crippen LogP contribution in [0.2, 0.25) is 0 Å². The lowest BCUT2D eigenvalue weighted by molar-refractivity contribution is -0.122. The van der Waals surface area contributed by atoms with Gasteiger partial charge in [0.25, 0.3) is 0 Å². The van der Waals surface area contributed by atoms with Crippen LogP contribution in [0.4, 0.5) is 0 Å². The number of benzene rings is 1. The van der Waals surface area contributed by atoms with Crippen LogP contribution in [-0.2, 0) is 4.79 Å². The van der Waals surface area contributed by atoms with Crippen molar-refractivity contribution in [2.75, 3.05) is 7.11 Å². The van der Waals surface area contributed by atoms with E-state index in [9.17, 15) is 4.79 Å². The first kappa shape index (κ1) is 14.9. The van der Waals surface area contributed by atoms with Crippen molar-refractivity contribution in [1.82, 2.24) is 5.32 Å². The Morgan fingerprint density at radius 3 is 2.85 bits per heavy atom. The highest BCUT2D eigenvalue weighted by Crippen LogP contribution is 2.28. The molecule has 0 spiro atoms. The van der Waals surface area contributed by atoms with Crippen molar-refractivity contribution in [3.05, 3.63) is 29.8 Å². The highest BCUT2D eigenvalue weighted by atomic mass is 16.5. The van der Waals surface area contributed by atoms with E-state index in [4.69, 9.17) is 4.74 Å². The number of nitrogens with one attached hydrogen (secondary N) is 1. The quantitative estimate of drug-likeness (QED) is 0.856. The molecule has 1 aliphatic carbocycles. The van der Waals surface area contributed by atoms with Crippen LogP contribution in [0.15, 0.2) is 24.3 Å². The molecule has 1 aliphatic rings. The molecule has 1 saturated carbocycles. The molecule has 20 heavy (non-hydrogen) atoms. The largest absolute Gasteiger partial charge is 0.497 e. The zero-order chi connectivity index (χ0) is 14.4. The third kappa shape index (κ3) is 4.26. The number of hydrogen-bond acceptors (Lipinski definition) is 2. The zero-order valence-electron chi connectivity index (χ0n) is 12.5. The molecule has 1 amide bonds. The van der Waals surface area contributed by atoms with E-state index in [0.717, 1.165) is 23.7 Å². The second kappa shape index (κ2) is 7.32. The molecule has 0 saturated heterocycles. The first-order chi connectivity index (χ1) is 9.69. The summed E-state index contributed by atoms with van der Waals surface area (Å²) in [7, 11) is 1.66. The summed E-state index contributed by atoms with van der Waals surface area (Å²) in [6.07, 6.45) is 6.98. The van der Waals surface area contributed by atoms with Crippen molar-refractivity contribution in [3.63, 3.8) is 0 Å². The summed E-state index contributed by atoms with van der Waals surface area (Å²) >= 11 is 0. The molecule has 0 radical (unpaired) electrons.